The van der Waals surface area contributed by atoms with Gasteiger partial charge in [-0.1, -0.05) is 98.8 Å². The molecule has 0 aromatic heterocycles. The Morgan fingerprint density at radius 1 is 0.490 bits per heavy atom. The molecule has 6 aromatic carbocycles. The predicted octanol–water partition coefficient (Wildman–Crippen LogP) is 12.9. The fourth-order valence-electron chi connectivity index (χ4n) is 9.16. The van der Waals surface area contributed by atoms with E-state index in [-0.39, 0.29) is 5.41 Å². The van der Waals surface area contributed by atoms with Crippen LogP contribution >= 0.6 is 0 Å². The summed E-state index contributed by atoms with van der Waals surface area (Å²) in [5.74, 6) is 0. The normalized spacial score (nSPS) is 15.6. The summed E-state index contributed by atoms with van der Waals surface area (Å²) in [6.45, 7) is 7.15. The molecule has 0 N–H and O–H groups in total. The maximum atomic E-state index is 2.58. The van der Waals surface area contributed by atoms with Gasteiger partial charge in [0.1, 0.15) is 0 Å². The molecule has 0 saturated heterocycles. The van der Waals surface area contributed by atoms with Crippen LogP contribution in [0.25, 0.3) is 33.4 Å². The fraction of sp³-hybridized carbons (Fsp3) is 0.250. The third-order valence-corrected chi connectivity index (χ3v) is 11.8. The molecule has 0 saturated carbocycles. The lowest BCUT2D eigenvalue weighted by molar-refractivity contribution is 0.660. The van der Waals surface area contributed by atoms with Crippen molar-refractivity contribution >= 4 is 17.1 Å². The maximum absolute atomic E-state index is 2.58. The van der Waals surface area contributed by atoms with Crippen molar-refractivity contribution in [2.45, 2.75) is 77.6 Å². The molecule has 1 nitrogen and oxygen atoms in total. The minimum absolute atomic E-state index is 0.0942. The van der Waals surface area contributed by atoms with Crippen molar-refractivity contribution in [3.05, 3.63) is 160 Å². The summed E-state index contributed by atoms with van der Waals surface area (Å²) in [6, 6.07) is 46.4. The highest BCUT2D eigenvalue weighted by Gasteiger charge is 2.37. The minimum atomic E-state index is -0.0942. The molecule has 242 valence electrons. The predicted molar refractivity (Wildman–Crippen MR) is 208 cm³/mol. The lowest BCUT2D eigenvalue weighted by Crippen LogP contribution is -2.18. The number of rotatable bonds is 5. The van der Waals surface area contributed by atoms with E-state index in [1.807, 2.05) is 0 Å². The van der Waals surface area contributed by atoms with Gasteiger partial charge in [-0.2, -0.15) is 0 Å². The van der Waals surface area contributed by atoms with Gasteiger partial charge in [0.25, 0.3) is 0 Å². The van der Waals surface area contributed by atoms with E-state index in [2.05, 4.69) is 147 Å². The van der Waals surface area contributed by atoms with Gasteiger partial charge in [0, 0.05) is 22.4 Å². The lowest BCUT2D eigenvalue weighted by atomic mass is 9.79. The van der Waals surface area contributed by atoms with Crippen molar-refractivity contribution in [1.29, 1.82) is 0 Å². The van der Waals surface area contributed by atoms with E-state index in [1.165, 1.54) is 122 Å². The summed E-state index contributed by atoms with van der Waals surface area (Å²) >= 11 is 0. The third kappa shape index (κ3) is 5.05. The number of fused-ring (bicyclic) bond motifs is 5. The van der Waals surface area contributed by atoms with Gasteiger partial charge in [-0.15, -0.1) is 0 Å². The van der Waals surface area contributed by atoms with E-state index in [0.29, 0.717) is 0 Å². The highest BCUT2D eigenvalue weighted by atomic mass is 15.1. The summed E-state index contributed by atoms with van der Waals surface area (Å²) in [4.78, 5) is 2.58. The molecule has 3 aliphatic rings. The fourth-order valence-corrected chi connectivity index (χ4v) is 9.16. The van der Waals surface area contributed by atoms with Gasteiger partial charge in [0.05, 0.1) is 5.69 Å². The molecule has 1 heteroatoms. The molecule has 9 rings (SSSR count). The summed E-state index contributed by atoms with van der Waals surface area (Å²) in [7, 11) is 0. The van der Waals surface area contributed by atoms with Gasteiger partial charge >= 0.3 is 0 Å². The molecule has 0 radical (unpaired) electrons. The highest BCUT2D eigenvalue weighted by molar-refractivity contribution is 5.96. The molecule has 0 amide bonds. The molecule has 0 unspecified atom stereocenters. The summed E-state index contributed by atoms with van der Waals surface area (Å²) in [6.07, 6.45) is 9.78. The maximum Gasteiger partial charge on any atom is 0.0543 e. The van der Waals surface area contributed by atoms with Crippen molar-refractivity contribution < 1.29 is 0 Å². The van der Waals surface area contributed by atoms with Crippen LogP contribution in [0.1, 0.15) is 78.5 Å². The van der Waals surface area contributed by atoms with Crippen LogP contribution in [0, 0.1) is 6.92 Å². The van der Waals surface area contributed by atoms with Crippen LogP contribution in [-0.2, 0) is 31.1 Å². The van der Waals surface area contributed by atoms with E-state index in [1.54, 1.807) is 5.56 Å². The molecule has 0 atom stereocenters. The summed E-state index contributed by atoms with van der Waals surface area (Å²) in [5.41, 5.74) is 22.0. The molecule has 0 spiro atoms. The Kier molecular flexibility index (Phi) is 7.34. The van der Waals surface area contributed by atoms with Crippen molar-refractivity contribution in [3.63, 3.8) is 0 Å². The topological polar surface area (TPSA) is 3.24 Å². The van der Waals surface area contributed by atoms with E-state index < -0.39 is 0 Å². The number of nitrogens with zero attached hydrogens (tertiary/aromatic N) is 1. The van der Waals surface area contributed by atoms with E-state index in [9.17, 15) is 0 Å². The number of hydrogen-bond donors (Lipinski definition) is 0. The van der Waals surface area contributed by atoms with Crippen molar-refractivity contribution in [1.82, 2.24) is 0 Å². The molecule has 0 bridgehead atoms. The SMILES string of the molecule is Cc1ccc2c(c1-c1cc3c(cc1N(c1ccc(-c4ccccc4)cc1)c1ccc4c(c1)CCCC4)C(C)(C)c1ccccc1-3)CCCC2. The molecule has 0 fully saturated rings. The van der Waals surface area contributed by atoms with Gasteiger partial charge in [0.15, 0.2) is 0 Å². The smallest absolute Gasteiger partial charge is 0.0543 e. The molecular weight excluding hydrogens is 591 g/mol. The first-order valence-electron chi connectivity index (χ1n) is 18.4. The van der Waals surface area contributed by atoms with Gasteiger partial charge < -0.3 is 4.90 Å². The van der Waals surface area contributed by atoms with Crippen molar-refractivity contribution in [2.24, 2.45) is 0 Å². The quantitative estimate of drug-likeness (QED) is 0.182. The Labute approximate surface area is 292 Å². The van der Waals surface area contributed by atoms with Crippen LogP contribution in [0.2, 0.25) is 0 Å². The number of anilines is 3. The summed E-state index contributed by atoms with van der Waals surface area (Å²) < 4.78 is 0. The van der Waals surface area contributed by atoms with Crippen LogP contribution in [-0.4, -0.2) is 0 Å². The van der Waals surface area contributed by atoms with E-state index in [4.69, 9.17) is 0 Å². The average molecular weight is 636 g/mol. The summed E-state index contributed by atoms with van der Waals surface area (Å²) in [5, 5.41) is 0. The molecule has 6 aromatic rings. The Balaban J connectivity index is 1.33. The van der Waals surface area contributed by atoms with E-state index >= 15 is 0 Å². The molecule has 49 heavy (non-hydrogen) atoms. The van der Waals surface area contributed by atoms with Crippen LogP contribution in [0.4, 0.5) is 17.1 Å². The van der Waals surface area contributed by atoms with Gasteiger partial charge in [-0.05, 0) is 161 Å². The van der Waals surface area contributed by atoms with E-state index in [0.717, 1.165) is 12.8 Å². The Bertz CT molecular complexity index is 2200. The second-order valence-electron chi connectivity index (χ2n) is 15.1. The average Bonchev–Trinajstić information content (AvgIpc) is 3.37. The van der Waals surface area contributed by atoms with Gasteiger partial charge in [0.2, 0.25) is 0 Å². The third-order valence-electron chi connectivity index (χ3n) is 11.8. The van der Waals surface area contributed by atoms with Crippen LogP contribution in [0.3, 0.4) is 0 Å². The molecule has 0 heterocycles. The van der Waals surface area contributed by atoms with Gasteiger partial charge in [-0.3, -0.25) is 0 Å². The monoisotopic (exact) mass is 635 g/mol. The zero-order valence-corrected chi connectivity index (χ0v) is 29.2. The van der Waals surface area contributed by atoms with Crippen LogP contribution in [0.5, 0.6) is 0 Å². The Morgan fingerprint density at radius 3 is 1.96 bits per heavy atom. The lowest BCUT2D eigenvalue weighted by Gasteiger charge is -2.33. The molecular formula is C48H45N. The minimum Gasteiger partial charge on any atom is -0.310 e. The standard InChI is InChI=1S/C48H45N/c1-32-21-22-36-16-9-10-18-40(36)47(32)43-30-42-41-19-11-12-20-44(41)48(2,3)45(42)31-46(43)49(39-28-25-34-15-7-8-17-37(34)29-39)38-26-23-35(24-27-38)33-13-5-4-6-14-33/h4-6,11-14,19-31H,7-10,15-18H2,1-3H3. The molecule has 0 aliphatic heterocycles. The number of aryl methyl sites for hydroxylation is 4. The largest absolute Gasteiger partial charge is 0.310 e. The first-order valence-corrected chi connectivity index (χ1v) is 18.4. The Morgan fingerprint density at radius 2 is 1.14 bits per heavy atom. The first-order chi connectivity index (χ1) is 24.0. The van der Waals surface area contributed by atoms with Crippen LogP contribution < -0.4 is 4.90 Å². The second kappa shape index (κ2) is 11.9. The zero-order valence-electron chi connectivity index (χ0n) is 29.2. The zero-order chi connectivity index (χ0) is 33.1. The highest BCUT2D eigenvalue weighted by Crippen LogP contribution is 2.54. The first kappa shape index (κ1) is 30.2. The number of hydrogen-bond acceptors (Lipinski definition) is 1. The van der Waals surface area contributed by atoms with Gasteiger partial charge in [-0.25, -0.2) is 0 Å². The Hall–Kier alpha value is -4.88. The van der Waals surface area contributed by atoms with Crippen molar-refractivity contribution in [3.8, 4) is 33.4 Å². The number of benzene rings is 6. The van der Waals surface area contributed by atoms with Crippen LogP contribution in [0.15, 0.2) is 121 Å². The molecule has 3 aliphatic carbocycles. The van der Waals surface area contributed by atoms with Crippen molar-refractivity contribution in [2.75, 3.05) is 4.90 Å². The second-order valence-corrected chi connectivity index (χ2v) is 15.1.